The molecular weight excluding hydrogens is 228 g/mol. The summed E-state index contributed by atoms with van der Waals surface area (Å²) in [6.45, 7) is 8.92. The van der Waals surface area contributed by atoms with Gasteiger partial charge in [-0.05, 0) is 33.2 Å². The van der Waals surface area contributed by atoms with Crippen LogP contribution in [0, 0.1) is 12.8 Å². The Kier molecular flexibility index (Phi) is 5.34. The fraction of sp³-hybridized carbons (Fsp3) is 0.692. The van der Waals surface area contributed by atoms with Gasteiger partial charge >= 0.3 is 0 Å². The van der Waals surface area contributed by atoms with E-state index in [9.17, 15) is 4.79 Å². The molecule has 0 bridgehead atoms. The van der Waals surface area contributed by atoms with Crippen molar-refractivity contribution in [2.45, 2.75) is 46.7 Å². The number of amides is 1. The van der Waals surface area contributed by atoms with Crippen LogP contribution in [0.5, 0.6) is 0 Å². The van der Waals surface area contributed by atoms with Crippen LogP contribution in [-0.2, 0) is 11.3 Å². The molecule has 0 radical (unpaired) electrons. The maximum Gasteiger partial charge on any atom is 0.242 e. The van der Waals surface area contributed by atoms with E-state index in [-0.39, 0.29) is 11.9 Å². The van der Waals surface area contributed by atoms with Gasteiger partial charge in [-0.15, -0.1) is 0 Å². The normalized spacial score (nSPS) is 12.8. The van der Waals surface area contributed by atoms with Crippen molar-refractivity contribution in [3.8, 4) is 0 Å². The molecule has 1 atom stereocenters. The number of likely N-dealkylation sites (N-methyl/N-ethyl adjacent to an activating group) is 1. The number of nitrogens with one attached hydrogen (secondary N) is 2. The molecule has 1 aromatic heterocycles. The monoisotopic (exact) mass is 252 g/mol. The third kappa shape index (κ3) is 3.57. The third-order valence-electron chi connectivity index (χ3n) is 2.94. The second-order valence-corrected chi connectivity index (χ2v) is 4.95. The molecule has 1 amide bonds. The van der Waals surface area contributed by atoms with Crippen LogP contribution < -0.4 is 10.6 Å². The summed E-state index contributed by atoms with van der Waals surface area (Å²) in [7, 11) is 1.82. The smallest absolute Gasteiger partial charge is 0.242 e. The Morgan fingerprint density at radius 2 is 2.17 bits per heavy atom. The van der Waals surface area contributed by atoms with Crippen molar-refractivity contribution in [2.24, 2.45) is 5.92 Å². The van der Waals surface area contributed by atoms with E-state index in [0.29, 0.717) is 5.92 Å². The predicted molar refractivity (Wildman–Crippen MR) is 73.6 cm³/mol. The molecule has 0 saturated carbocycles. The molecule has 5 nitrogen and oxygen atoms in total. The molecule has 0 fully saturated rings. The number of aromatic nitrogens is 2. The summed E-state index contributed by atoms with van der Waals surface area (Å²) >= 11 is 0. The zero-order valence-corrected chi connectivity index (χ0v) is 11.9. The van der Waals surface area contributed by atoms with Crippen molar-refractivity contribution < 1.29 is 4.79 Å². The average Bonchev–Trinajstić information content (AvgIpc) is 2.67. The van der Waals surface area contributed by atoms with Crippen molar-refractivity contribution in [3.63, 3.8) is 0 Å². The van der Waals surface area contributed by atoms with E-state index in [1.807, 2.05) is 20.9 Å². The van der Waals surface area contributed by atoms with Crippen LogP contribution in [0.15, 0.2) is 6.20 Å². The summed E-state index contributed by atoms with van der Waals surface area (Å²) in [4.78, 5) is 12.2. The Balaban J connectivity index is 2.76. The van der Waals surface area contributed by atoms with Crippen molar-refractivity contribution >= 4 is 11.7 Å². The van der Waals surface area contributed by atoms with Crippen LogP contribution in [0.2, 0.25) is 0 Å². The summed E-state index contributed by atoms with van der Waals surface area (Å²) in [6, 6.07) is -0.162. The van der Waals surface area contributed by atoms with Crippen LogP contribution in [0.1, 0.15) is 32.8 Å². The van der Waals surface area contributed by atoms with Crippen LogP contribution in [0.4, 0.5) is 5.82 Å². The first-order valence-corrected chi connectivity index (χ1v) is 6.50. The summed E-state index contributed by atoms with van der Waals surface area (Å²) in [5.41, 5.74) is 0.990. The van der Waals surface area contributed by atoms with Gasteiger partial charge in [-0.2, -0.15) is 5.10 Å². The fourth-order valence-corrected chi connectivity index (χ4v) is 1.91. The number of carbonyl (C=O) groups is 1. The van der Waals surface area contributed by atoms with Gasteiger partial charge in [-0.3, -0.25) is 4.79 Å². The highest BCUT2D eigenvalue weighted by atomic mass is 16.2. The van der Waals surface area contributed by atoms with Gasteiger partial charge in [0.1, 0.15) is 5.82 Å². The molecule has 1 rings (SSSR count). The number of hydrogen-bond donors (Lipinski definition) is 2. The van der Waals surface area contributed by atoms with Crippen LogP contribution >= 0.6 is 0 Å². The molecule has 1 aromatic rings. The van der Waals surface area contributed by atoms with E-state index in [4.69, 9.17) is 0 Å². The van der Waals surface area contributed by atoms with Crippen LogP contribution in [-0.4, -0.2) is 28.8 Å². The van der Waals surface area contributed by atoms with Crippen molar-refractivity contribution in [2.75, 3.05) is 12.4 Å². The standard InChI is InChI=1S/C13H24N4O/c1-6-17-12(10(4)8-15-17)16-13(18)11(14-5)7-9(2)3/h8-9,11,14H,6-7H2,1-5H3,(H,16,18)/t11-/m0/s1. The number of nitrogens with zero attached hydrogens (tertiary/aromatic N) is 2. The first-order chi connectivity index (χ1) is 8.49. The predicted octanol–water partition coefficient (Wildman–Crippen LogP) is 1.78. The molecule has 1 heterocycles. The minimum atomic E-state index is -0.162. The Morgan fingerprint density at radius 3 is 2.67 bits per heavy atom. The number of hydrogen-bond acceptors (Lipinski definition) is 3. The van der Waals surface area contributed by atoms with Gasteiger partial charge in [-0.1, -0.05) is 13.8 Å². The number of aryl methyl sites for hydroxylation is 2. The average molecular weight is 252 g/mol. The molecule has 0 aliphatic carbocycles. The van der Waals surface area contributed by atoms with Gasteiger partial charge in [0.05, 0.1) is 12.2 Å². The minimum absolute atomic E-state index is 0.00417. The Labute approximate surface area is 109 Å². The van der Waals surface area contributed by atoms with E-state index in [0.717, 1.165) is 24.3 Å². The van der Waals surface area contributed by atoms with E-state index in [1.54, 1.807) is 10.9 Å². The Hall–Kier alpha value is -1.36. The maximum absolute atomic E-state index is 12.2. The highest BCUT2D eigenvalue weighted by Crippen LogP contribution is 2.15. The zero-order chi connectivity index (χ0) is 13.7. The lowest BCUT2D eigenvalue weighted by Crippen LogP contribution is -2.39. The van der Waals surface area contributed by atoms with Crippen molar-refractivity contribution in [3.05, 3.63) is 11.8 Å². The summed E-state index contributed by atoms with van der Waals surface area (Å²) in [5, 5.41) is 10.2. The second-order valence-electron chi connectivity index (χ2n) is 4.95. The summed E-state index contributed by atoms with van der Waals surface area (Å²) < 4.78 is 1.80. The molecule has 0 spiro atoms. The van der Waals surface area contributed by atoms with Gasteiger partial charge < -0.3 is 10.6 Å². The van der Waals surface area contributed by atoms with Gasteiger partial charge in [0.25, 0.3) is 0 Å². The summed E-state index contributed by atoms with van der Waals surface area (Å²) in [6.07, 6.45) is 2.59. The number of rotatable bonds is 6. The first kappa shape index (κ1) is 14.7. The van der Waals surface area contributed by atoms with Gasteiger partial charge in [-0.25, -0.2) is 4.68 Å². The van der Waals surface area contributed by atoms with Crippen molar-refractivity contribution in [1.29, 1.82) is 0 Å². The highest BCUT2D eigenvalue weighted by molar-refractivity contribution is 5.94. The quantitative estimate of drug-likeness (QED) is 0.811. The van der Waals surface area contributed by atoms with Gasteiger partial charge in [0.15, 0.2) is 0 Å². The largest absolute Gasteiger partial charge is 0.309 e. The molecule has 18 heavy (non-hydrogen) atoms. The SMILES string of the molecule is CCn1ncc(C)c1NC(=O)[C@H](CC(C)C)NC. The molecule has 2 N–H and O–H groups in total. The van der Waals surface area contributed by atoms with Gasteiger partial charge in [0, 0.05) is 12.1 Å². The fourth-order valence-electron chi connectivity index (χ4n) is 1.91. The number of anilines is 1. The van der Waals surface area contributed by atoms with Gasteiger partial charge in [0.2, 0.25) is 5.91 Å². The van der Waals surface area contributed by atoms with E-state index in [2.05, 4.69) is 29.6 Å². The molecule has 0 aromatic carbocycles. The maximum atomic E-state index is 12.2. The van der Waals surface area contributed by atoms with Crippen LogP contribution in [0.3, 0.4) is 0 Å². The Morgan fingerprint density at radius 1 is 1.50 bits per heavy atom. The van der Waals surface area contributed by atoms with E-state index < -0.39 is 0 Å². The molecular formula is C13H24N4O. The van der Waals surface area contributed by atoms with E-state index in [1.165, 1.54) is 0 Å². The minimum Gasteiger partial charge on any atom is -0.309 e. The second kappa shape index (κ2) is 6.54. The Bertz CT molecular complexity index is 398. The summed E-state index contributed by atoms with van der Waals surface area (Å²) in [5.74, 6) is 1.28. The lowest BCUT2D eigenvalue weighted by molar-refractivity contribution is -0.118. The van der Waals surface area contributed by atoms with E-state index >= 15 is 0 Å². The molecule has 0 unspecified atom stereocenters. The molecule has 102 valence electrons. The topological polar surface area (TPSA) is 59.0 Å². The first-order valence-electron chi connectivity index (χ1n) is 6.50. The molecule has 0 saturated heterocycles. The van der Waals surface area contributed by atoms with Crippen LogP contribution in [0.25, 0.3) is 0 Å². The highest BCUT2D eigenvalue weighted by Gasteiger charge is 2.19. The zero-order valence-electron chi connectivity index (χ0n) is 11.9. The molecule has 5 heteroatoms. The lowest BCUT2D eigenvalue weighted by atomic mass is 10.0. The van der Waals surface area contributed by atoms with Crippen molar-refractivity contribution in [1.82, 2.24) is 15.1 Å². The molecule has 0 aliphatic heterocycles. The lowest BCUT2D eigenvalue weighted by Gasteiger charge is -2.18. The number of carbonyl (C=O) groups excluding carboxylic acids is 1. The molecule has 0 aliphatic rings. The third-order valence-corrected chi connectivity index (χ3v) is 2.94.